The smallest absolute Gasteiger partial charge is 0.396 e. The lowest BCUT2D eigenvalue weighted by atomic mass is 9.97. The van der Waals surface area contributed by atoms with Crippen molar-refractivity contribution in [1.29, 1.82) is 0 Å². The number of ether oxygens (including phenoxy) is 1. The quantitative estimate of drug-likeness (QED) is 0.678. The molecule has 1 aliphatic carbocycles. The highest BCUT2D eigenvalue weighted by Crippen LogP contribution is 2.30. The number of halogens is 3. The largest absolute Gasteiger partial charge is 0.411 e. The molecule has 0 aromatic heterocycles. The lowest BCUT2D eigenvalue weighted by molar-refractivity contribution is -0.173. The Hall–Kier alpha value is -0.330. The number of aliphatic hydroxyl groups excluding tert-OH is 1. The van der Waals surface area contributed by atoms with Gasteiger partial charge in [-0.25, -0.2) is 0 Å². The molecule has 17 heavy (non-hydrogen) atoms. The van der Waals surface area contributed by atoms with Gasteiger partial charge < -0.3 is 15.2 Å². The maximum Gasteiger partial charge on any atom is 0.411 e. The van der Waals surface area contributed by atoms with Gasteiger partial charge in [-0.3, -0.25) is 0 Å². The van der Waals surface area contributed by atoms with Gasteiger partial charge in [-0.15, -0.1) is 0 Å². The fourth-order valence-electron chi connectivity index (χ4n) is 2.24. The minimum atomic E-state index is -4.24. The van der Waals surface area contributed by atoms with Gasteiger partial charge in [-0.2, -0.15) is 13.2 Å². The molecular formula is C11H20F3NO2. The number of alkyl halides is 3. The Kier molecular flexibility index (Phi) is 6.22. The van der Waals surface area contributed by atoms with Crippen LogP contribution in [0.3, 0.4) is 0 Å². The standard InChI is InChI=1S/C11H20F3NO2/c12-11(13,14)8-17-5-4-15-6-9-2-1-3-10(9)7-16/h9-10,15-16H,1-8H2. The van der Waals surface area contributed by atoms with E-state index in [-0.39, 0.29) is 13.2 Å². The molecule has 0 amide bonds. The summed E-state index contributed by atoms with van der Waals surface area (Å²) >= 11 is 0. The molecule has 2 N–H and O–H groups in total. The average Bonchev–Trinajstić information content (AvgIpc) is 2.69. The first kappa shape index (κ1) is 14.7. The minimum absolute atomic E-state index is 0.0655. The van der Waals surface area contributed by atoms with Gasteiger partial charge in [0, 0.05) is 13.2 Å². The Balaban J connectivity index is 1.97. The van der Waals surface area contributed by atoms with Crippen molar-refractivity contribution < 1.29 is 23.0 Å². The van der Waals surface area contributed by atoms with Crippen LogP contribution in [-0.4, -0.2) is 44.2 Å². The SMILES string of the molecule is OCC1CCCC1CNCCOCC(F)(F)F. The minimum Gasteiger partial charge on any atom is -0.396 e. The van der Waals surface area contributed by atoms with Gasteiger partial charge in [-0.05, 0) is 31.2 Å². The second-order valence-electron chi connectivity index (χ2n) is 4.51. The molecular weight excluding hydrogens is 235 g/mol. The van der Waals surface area contributed by atoms with E-state index in [1.165, 1.54) is 0 Å². The lowest BCUT2D eigenvalue weighted by Gasteiger charge is -2.17. The van der Waals surface area contributed by atoms with E-state index < -0.39 is 12.8 Å². The van der Waals surface area contributed by atoms with Gasteiger partial charge in [-0.1, -0.05) is 6.42 Å². The van der Waals surface area contributed by atoms with Crippen molar-refractivity contribution in [1.82, 2.24) is 5.32 Å². The molecule has 1 fully saturated rings. The molecule has 1 rings (SSSR count). The van der Waals surface area contributed by atoms with Crippen molar-refractivity contribution in [2.45, 2.75) is 25.4 Å². The molecule has 0 heterocycles. The summed E-state index contributed by atoms with van der Waals surface area (Å²) in [6.45, 7) is 0.260. The zero-order valence-electron chi connectivity index (χ0n) is 9.80. The molecule has 3 nitrogen and oxygen atoms in total. The van der Waals surface area contributed by atoms with Crippen LogP contribution in [0.1, 0.15) is 19.3 Å². The number of aliphatic hydroxyl groups is 1. The van der Waals surface area contributed by atoms with Gasteiger partial charge in [0.05, 0.1) is 6.61 Å². The highest BCUT2D eigenvalue weighted by molar-refractivity contribution is 4.78. The number of hydrogen-bond acceptors (Lipinski definition) is 3. The first-order chi connectivity index (χ1) is 8.03. The van der Waals surface area contributed by atoms with E-state index >= 15 is 0 Å². The normalized spacial score (nSPS) is 25.4. The molecule has 1 saturated carbocycles. The maximum absolute atomic E-state index is 11.7. The fraction of sp³-hybridized carbons (Fsp3) is 1.00. The topological polar surface area (TPSA) is 41.5 Å². The third-order valence-corrected chi connectivity index (χ3v) is 3.15. The van der Waals surface area contributed by atoms with Crippen LogP contribution in [0.4, 0.5) is 13.2 Å². The van der Waals surface area contributed by atoms with Crippen LogP contribution >= 0.6 is 0 Å². The monoisotopic (exact) mass is 255 g/mol. The summed E-state index contributed by atoms with van der Waals surface area (Å²) in [7, 11) is 0. The zero-order chi connectivity index (χ0) is 12.7. The Morgan fingerprint density at radius 2 is 1.94 bits per heavy atom. The average molecular weight is 255 g/mol. The molecule has 0 spiro atoms. The molecule has 0 saturated heterocycles. The molecule has 0 aliphatic heterocycles. The predicted octanol–water partition coefficient (Wildman–Crippen LogP) is 1.56. The summed E-state index contributed by atoms with van der Waals surface area (Å²) in [5.74, 6) is 0.793. The second kappa shape index (κ2) is 7.18. The fourth-order valence-corrected chi connectivity index (χ4v) is 2.24. The molecule has 102 valence electrons. The van der Waals surface area contributed by atoms with E-state index in [0.717, 1.165) is 25.8 Å². The number of hydrogen-bond donors (Lipinski definition) is 2. The Bertz CT molecular complexity index is 211. The van der Waals surface area contributed by atoms with Crippen LogP contribution in [0.5, 0.6) is 0 Å². The van der Waals surface area contributed by atoms with Crippen LogP contribution in [-0.2, 0) is 4.74 Å². The summed E-state index contributed by atoms with van der Waals surface area (Å²) in [6, 6.07) is 0. The van der Waals surface area contributed by atoms with Gasteiger partial charge >= 0.3 is 6.18 Å². The van der Waals surface area contributed by atoms with Crippen molar-refractivity contribution in [2.75, 3.05) is 32.9 Å². The van der Waals surface area contributed by atoms with E-state index in [2.05, 4.69) is 10.1 Å². The van der Waals surface area contributed by atoms with E-state index in [0.29, 0.717) is 18.4 Å². The van der Waals surface area contributed by atoms with Gasteiger partial charge in [0.15, 0.2) is 0 Å². The molecule has 0 bridgehead atoms. The molecule has 1 aliphatic rings. The van der Waals surface area contributed by atoms with Crippen molar-refractivity contribution >= 4 is 0 Å². The van der Waals surface area contributed by atoms with Gasteiger partial charge in [0.1, 0.15) is 6.61 Å². The van der Waals surface area contributed by atoms with Crippen molar-refractivity contribution in [3.8, 4) is 0 Å². The Labute approximate surface area is 99.3 Å². The Morgan fingerprint density at radius 3 is 2.59 bits per heavy atom. The molecule has 0 aromatic carbocycles. The van der Waals surface area contributed by atoms with E-state index in [9.17, 15) is 13.2 Å². The Morgan fingerprint density at radius 1 is 1.24 bits per heavy atom. The summed E-state index contributed by atoms with van der Waals surface area (Å²) < 4.78 is 39.7. The highest BCUT2D eigenvalue weighted by Gasteiger charge is 2.27. The summed E-state index contributed by atoms with van der Waals surface area (Å²) in [5, 5.41) is 12.2. The molecule has 2 unspecified atom stereocenters. The van der Waals surface area contributed by atoms with Crippen molar-refractivity contribution in [3.63, 3.8) is 0 Å². The van der Waals surface area contributed by atoms with Crippen molar-refractivity contribution in [2.24, 2.45) is 11.8 Å². The van der Waals surface area contributed by atoms with E-state index in [4.69, 9.17) is 5.11 Å². The molecule has 6 heteroatoms. The number of rotatable bonds is 7. The number of nitrogens with one attached hydrogen (secondary N) is 1. The van der Waals surface area contributed by atoms with Crippen LogP contribution in [0.2, 0.25) is 0 Å². The predicted molar refractivity (Wildman–Crippen MR) is 57.7 cm³/mol. The van der Waals surface area contributed by atoms with Gasteiger partial charge in [0.25, 0.3) is 0 Å². The zero-order valence-corrected chi connectivity index (χ0v) is 9.80. The summed E-state index contributed by atoms with van der Waals surface area (Å²) in [6.07, 6.45) is -0.982. The second-order valence-corrected chi connectivity index (χ2v) is 4.51. The lowest BCUT2D eigenvalue weighted by Crippen LogP contribution is -2.30. The third kappa shape index (κ3) is 6.24. The van der Waals surface area contributed by atoms with Crippen LogP contribution in [0.15, 0.2) is 0 Å². The first-order valence-electron chi connectivity index (χ1n) is 5.99. The third-order valence-electron chi connectivity index (χ3n) is 3.15. The highest BCUT2D eigenvalue weighted by atomic mass is 19.4. The van der Waals surface area contributed by atoms with Crippen LogP contribution < -0.4 is 5.32 Å². The summed E-state index contributed by atoms with van der Waals surface area (Å²) in [5.41, 5.74) is 0. The van der Waals surface area contributed by atoms with E-state index in [1.54, 1.807) is 0 Å². The molecule has 0 aromatic rings. The van der Waals surface area contributed by atoms with Crippen molar-refractivity contribution in [3.05, 3.63) is 0 Å². The van der Waals surface area contributed by atoms with Gasteiger partial charge in [0.2, 0.25) is 0 Å². The van der Waals surface area contributed by atoms with Crippen LogP contribution in [0.25, 0.3) is 0 Å². The first-order valence-corrected chi connectivity index (χ1v) is 5.99. The molecule has 2 atom stereocenters. The molecule has 0 radical (unpaired) electrons. The maximum atomic E-state index is 11.7. The van der Waals surface area contributed by atoms with E-state index in [1.807, 2.05) is 0 Å². The van der Waals surface area contributed by atoms with Crippen LogP contribution in [0, 0.1) is 11.8 Å². The summed E-state index contributed by atoms with van der Waals surface area (Å²) in [4.78, 5) is 0.